The summed E-state index contributed by atoms with van der Waals surface area (Å²) in [6.45, 7) is 5.88. The Morgan fingerprint density at radius 1 is 0.957 bits per heavy atom. The van der Waals surface area contributed by atoms with E-state index in [4.69, 9.17) is 0 Å². The van der Waals surface area contributed by atoms with Gasteiger partial charge < -0.3 is 0 Å². The first-order valence-corrected chi connectivity index (χ1v) is 8.58. The SMILES string of the molecule is CCCCCCCC(C)(CCCC)n1nc(F)cc1C(F)(F)F. The molecule has 1 atom stereocenters. The highest BCUT2D eigenvalue weighted by Crippen LogP contribution is 2.37. The maximum Gasteiger partial charge on any atom is 0.433 e. The van der Waals surface area contributed by atoms with Gasteiger partial charge in [0.15, 0.2) is 0 Å². The summed E-state index contributed by atoms with van der Waals surface area (Å²) in [4.78, 5) is 0. The Labute approximate surface area is 136 Å². The molecule has 1 heterocycles. The van der Waals surface area contributed by atoms with E-state index in [9.17, 15) is 17.6 Å². The van der Waals surface area contributed by atoms with Gasteiger partial charge in [0.25, 0.3) is 0 Å². The van der Waals surface area contributed by atoms with Crippen LogP contribution in [0.4, 0.5) is 17.6 Å². The summed E-state index contributed by atoms with van der Waals surface area (Å²) in [5, 5.41) is 3.55. The van der Waals surface area contributed by atoms with Gasteiger partial charge in [0.2, 0.25) is 5.95 Å². The van der Waals surface area contributed by atoms with Crippen molar-refractivity contribution in [2.24, 2.45) is 0 Å². The van der Waals surface area contributed by atoms with Crippen molar-refractivity contribution in [3.05, 3.63) is 17.7 Å². The highest BCUT2D eigenvalue weighted by atomic mass is 19.4. The summed E-state index contributed by atoms with van der Waals surface area (Å²) in [5.74, 6) is -1.06. The van der Waals surface area contributed by atoms with E-state index in [1.807, 2.05) is 6.92 Å². The molecule has 0 spiro atoms. The molecule has 1 aromatic heterocycles. The molecule has 0 N–H and O–H groups in total. The first-order chi connectivity index (χ1) is 10.7. The molecule has 134 valence electrons. The average Bonchev–Trinajstić information content (AvgIpc) is 2.88. The predicted molar refractivity (Wildman–Crippen MR) is 83.7 cm³/mol. The van der Waals surface area contributed by atoms with E-state index in [1.54, 1.807) is 6.92 Å². The van der Waals surface area contributed by atoms with E-state index in [2.05, 4.69) is 12.0 Å². The maximum absolute atomic E-state index is 13.4. The molecule has 0 saturated carbocycles. The third kappa shape index (κ3) is 5.81. The van der Waals surface area contributed by atoms with Crippen molar-refractivity contribution >= 4 is 0 Å². The number of halogens is 4. The second kappa shape index (κ2) is 8.69. The fourth-order valence-corrected chi connectivity index (χ4v) is 2.97. The van der Waals surface area contributed by atoms with Crippen molar-refractivity contribution < 1.29 is 17.6 Å². The van der Waals surface area contributed by atoms with Gasteiger partial charge in [0.05, 0.1) is 5.54 Å². The minimum Gasteiger partial charge on any atom is -0.252 e. The molecule has 0 aliphatic rings. The fraction of sp³-hybridized carbons (Fsp3) is 0.824. The summed E-state index contributed by atoms with van der Waals surface area (Å²) in [6, 6.07) is 0.501. The zero-order chi connectivity index (χ0) is 17.5. The van der Waals surface area contributed by atoms with Crippen LogP contribution in [0.5, 0.6) is 0 Å². The van der Waals surface area contributed by atoms with Crippen molar-refractivity contribution in [2.75, 3.05) is 0 Å². The lowest BCUT2D eigenvalue weighted by atomic mass is 9.88. The van der Waals surface area contributed by atoms with Gasteiger partial charge in [0.1, 0.15) is 5.69 Å². The second-order valence-corrected chi connectivity index (χ2v) is 6.53. The topological polar surface area (TPSA) is 17.8 Å². The molecule has 0 aliphatic heterocycles. The van der Waals surface area contributed by atoms with Crippen molar-refractivity contribution in [2.45, 2.75) is 90.3 Å². The lowest BCUT2D eigenvalue weighted by molar-refractivity contribution is -0.146. The van der Waals surface area contributed by atoms with Gasteiger partial charge >= 0.3 is 6.18 Å². The van der Waals surface area contributed by atoms with E-state index in [0.29, 0.717) is 18.9 Å². The Hall–Kier alpha value is -1.07. The number of unbranched alkanes of at least 4 members (excludes halogenated alkanes) is 5. The lowest BCUT2D eigenvalue weighted by Gasteiger charge is -2.32. The van der Waals surface area contributed by atoms with Crippen LogP contribution in [0.2, 0.25) is 0 Å². The van der Waals surface area contributed by atoms with Gasteiger partial charge in [0, 0.05) is 6.07 Å². The van der Waals surface area contributed by atoms with Gasteiger partial charge in [-0.25, -0.2) is 0 Å². The molecule has 0 aromatic carbocycles. The first-order valence-electron chi connectivity index (χ1n) is 8.58. The number of hydrogen-bond donors (Lipinski definition) is 0. The molecule has 2 nitrogen and oxygen atoms in total. The van der Waals surface area contributed by atoms with Crippen LogP contribution >= 0.6 is 0 Å². The van der Waals surface area contributed by atoms with Crippen LogP contribution in [0.15, 0.2) is 6.07 Å². The van der Waals surface area contributed by atoms with Crippen molar-refractivity contribution in [1.82, 2.24) is 9.78 Å². The highest BCUT2D eigenvalue weighted by Gasteiger charge is 2.41. The van der Waals surface area contributed by atoms with Crippen LogP contribution < -0.4 is 0 Å². The molecular formula is C17H28F4N2. The molecule has 0 amide bonds. The molecule has 1 aromatic rings. The van der Waals surface area contributed by atoms with Crippen LogP contribution in [0.1, 0.15) is 84.3 Å². The summed E-state index contributed by atoms with van der Waals surface area (Å²) in [7, 11) is 0. The Balaban J connectivity index is 2.96. The highest BCUT2D eigenvalue weighted by molar-refractivity contribution is 5.09. The zero-order valence-electron chi connectivity index (χ0n) is 14.3. The lowest BCUT2D eigenvalue weighted by Crippen LogP contribution is -2.35. The maximum atomic E-state index is 13.4. The summed E-state index contributed by atoms with van der Waals surface area (Å²) in [5.41, 5.74) is -1.78. The van der Waals surface area contributed by atoms with Gasteiger partial charge in [-0.3, -0.25) is 4.68 Å². The van der Waals surface area contributed by atoms with Crippen molar-refractivity contribution in [1.29, 1.82) is 0 Å². The van der Waals surface area contributed by atoms with Gasteiger partial charge in [-0.15, -0.1) is 5.10 Å². The van der Waals surface area contributed by atoms with Gasteiger partial charge in [-0.1, -0.05) is 58.8 Å². The largest absolute Gasteiger partial charge is 0.433 e. The summed E-state index contributed by atoms with van der Waals surface area (Å²) in [6.07, 6.45) is 3.40. The van der Waals surface area contributed by atoms with Crippen molar-refractivity contribution in [3.63, 3.8) is 0 Å². The third-order valence-corrected chi connectivity index (χ3v) is 4.37. The van der Waals surface area contributed by atoms with E-state index in [0.717, 1.165) is 49.6 Å². The number of alkyl halides is 3. The zero-order valence-corrected chi connectivity index (χ0v) is 14.3. The Morgan fingerprint density at radius 2 is 1.52 bits per heavy atom. The third-order valence-electron chi connectivity index (χ3n) is 4.37. The molecular weight excluding hydrogens is 308 g/mol. The van der Waals surface area contributed by atoms with Gasteiger partial charge in [-0.05, 0) is 19.8 Å². The Morgan fingerprint density at radius 3 is 2.09 bits per heavy atom. The van der Waals surface area contributed by atoms with Gasteiger partial charge in [-0.2, -0.15) is 17.6 Å². The fourth-order valence-electron chi connectivity index (χ4n) is 2.97. The van der Waals surface area contributed by atoms with E-state index in [1.165, 1.54) is 0 Å². The number of hydrogen-bond acceptors (Lipinski definition) is 1. The van der Waals surface area contributed by atoms with Crippen LogP contribution in [0.3, 0.4) is 0 Å². The minimum atomic E-state index is -4.59. The van der Waals surface area contributed by atoms with Crippen LogP contribution in [-0.4, -0.2) is 9.78 Å². The predicted octanol–water partition coefficient (Wildman–Crippen LogP) is 6.31. The monoisotopic (exact) mass is 336 g/mol. The first kappa shape index (κ1) is 20.0. The average molecular weight is 336 g/mol. The van der Waals surface area contributed by atoms with E-state index in [-0.39, 0.29) is 0 Å². The molecule has 0 saturated heterocycles. The molecule has 0 fully saturated rings. The molecule has 23 heavy (non-hydrogen) atoms. The van der Waals surface area contributed by atoms with Crippen LogP contribution in [-0.2, 0) is 11.7 Å². The molecule has 0 aliphatic carbocycles. The van der Waals surface area contributed by atoms with Crippen LogP contribution in [0.25, 0.3) is 0 Å². The van der Waals surface area contributed by atoms with E-state index >= 15 is 0 Å². The Bertz CT molecular complexity index is 468. The Kier molecular flexibility index (Phi) is 7.55. The molecule has 1 rings (SSSR count). The quantitative estimate of drug-likeness (QED) is 0.362. The molecule has 0 radical (unpaired) electrons. The summed E-state index contributed by atoms with van der Waals surface area (Å²) >= 11 is 0. The van der Waals surface area contributed by atoms with Crippen molar-refractivity contribution in [3.8, 4) is 0 Å². The number of rotatable bonds is 10. The minimum absolute atomic E-state index is 0.501. The second-order valence-electron chi connectivity index (χ2n) is 6.53. The van der Waals surface area contributed by atoms with Crippen LogP contribution in [0, 0.1) is 5.95 Å². The number of nitrogens with zero attached hydrogens (tertiary/aromatic N) is 2. The smallest absolute Gasteiger partial charge is 0.252 e. The van der Waals surface area contributed by atoms with E-state index < -0.39 is 23.4 Å². The molecule has 1 unspecified atom stereocenters. The standard InChI is InChI=1S/C17H28F4N2/c1-4-6-8-9-10-12-16(3,11-7-5-2)23-14(17(19,20)21)13-15(18)22-23/h13H,4-12H2,1-3H3. The summed E-state index contributed by atoms with van der Waals surface area (Å²) < 4.78 is 53.8. The number of aromatic nitrogens is 2. The molecule has 6 heteroatoms. The normalized spacial score (nSPS) is 14.9. The molecule has 0 bridgehead atoms.